The molecule has 1 nitrogen and oxygen atoms in total. The van der Waals surface area contributed by atoms with Crippen molar-refractivity contribution in [3.63, 3.8) is 0 Å². The van der Waals surface area contributed by atoms with Crippen molar-refractivity contribution in [2.75, 3.05) is 11.9 Å². The summed E-state index contributed by atoms with van der Waals surface area (Å²) in [5.74, 6) is 0.973. The number of halogens is 1. The van der Waals surface area contributed by atoms with Gasteiger partial charge in [-0.05, 0) is 31.4 Å². The first-order valence-corrected chi connectivity index (χ1v) is 5.79. The van der Waals surface area contributed by atoms with Crippen LogP contribution in [0.3, 0.4) is 0 Å². The third kappa shape index (κ3) is 4.94. The molecule has 0 amide bonds. The highest BCUT2D eigenvalue weighted by atomic mass is 79.9. The smallest absolute Gasteiger partial charge is 0.119 e. The lowest BCUT2D eigenvalue weighted by atomic mass is 10.3. The molecule has 1 aromatic carbocycles. The molecule has 0 heterocycles. The predicted octanol–water partition coefficient (Wildman–Crippen LogP) is 3.63. The van der Waals surface area contributed by atoms with Gasteiger partial charge in [-0.25, -0.2) is 0 Å². The average molecular weight is 243 g/mol. The normalized spacial score (nSPS) is 9.92. The van der Waals surface area contributed by atoms with Crippen LogP contribution in [0, 0.1) is 0 Å². The van der Waals surface area contributed by atoms with Gasteiger partial charge in [-0.1, -0.05) is 34.1 Å². The van der Waals surface area contributed by atoms with Gasteiger partial charge in [0.1, 0.15) is 5.75 Å². The molecule has 0 N–H and O–H groups in total. The van der Waals surface area contributed by atoms with Crippen LogP contribution in [0.2, 0.25) is 0 Å². The van der Waals surface area contributed by atoms with E-state index in [2.05, 4.69) is 15.9 Å². The lowest BCUT2D eigenvalue weighted by molar-refractivity contribution is 0.306. The number of hydrogen-bond donors (Lipinski definition) is 0. The summed E-state index contributed by atoms with van der Waals surface area (Å²) in [6.45, 7) is 0.830. The molecular formula is C11H15BrO. The molecule has 0 aliphatic heterocycles. The fourth-order valence-electron chi connectivity index (χ4n) is 1.08. The SMILES string of the molecule is BrCCCCCOc1ccccc1. The van der Waals surface area contributed by atoms with Gasteiger partial charge in [0, 0.05) is 5.33 Å². The summed E-state index contributed by atoms with van der Waals surface area (Å²) in [6, 6.07) is 9.97. The molecule has 1 aromatic rings. The number of ether oxygens (including phenoxy) is 1. The topological polar surface area (TPSA) is 9.23 Å². The standard InChI is InChI=1S/C11H15BrO/c12-9-5-2-6-10-13-11-7-3-1-4-8-11/h1,3-4,7-8H,2,5-6,9-10H2. The highest BCUT2D eigenvalue weighted by Gasteiger charge is 1.91. The van der Waals surface area contributed by atoms with Crippen LogP contribution in [-0.2, 0) is 0 Å². The van der Waals surface area contributed by atoms with Crippen LogP contribution in [0.4, 0.5) is 0 Å². The van der Waals surface area contributed by atoms with Crippen LogP contribution in [0.1, 0.15) is 19.3 Å². The van der Waals surface area contributed by atoms with Gasteiger partial charge >= 0.3 is 0 Å². The largest absolute Gasteiger partial charge is 0.494 e. The zero-order chi connectivity index (χ0) is 9.36. The number of rotatable bonds is 6. The number of benzene rings is 1. The van der Waals surface area contributed by atoms with Gasteiger partial charge in [-0.2, -0.15) is 0 Å². The molecule has 0 atom stereocenters. The Morgan fingerprint density at radius 3 is 2.46 bits per heavy atom. The van der Waals surface area contributed by atoms with E-state index in [0.717, 1.165) is 24.1 Å². The molecule has 72 valence electrons. The zero-order valence-electron chi connectivity index (χ0n) is 7.71. The van der Waals surface area contributed by atoms with Crippen molar-refractivity contribution in [1.29, 1.82) is 0 Å². The van der Waals surface area contributed by atoms with Crippen LogP contribution in [0.25, 0.3) is 0 Å². The number of unbranched alkanes of at least 4 members (excludes halogenated alkanes) is 2. The maximum absolute atomic E-state index is 5.54. The third-order valence-electron chi connectivity index (χ3n) is 1.79. The van der Waals surface area contributed by atoms with Crippen molar-refractivity contribution in [3.8, 4) is 5.75 Å². The van der Waals surface area contributed by atoms with Crippen molar-refractivity contribution >= 4 is 15.9 Å². The van der Waals surface area contributed by atoms with Crippen LogP contribution < -0.4 is 4.74 Å². The maximum atomic E-state index is 5.54. The third-order valence-corrected chi connectivity index (χ3v) is 2.35. The van der Waals surface area contributed by atoms with Gasteiger partial charge in [-0.3, -0.25) is 0 Å². The van der Waals surface area contributed by atoms with Crippen LogP contribution in [0.5, 0.6) is 5.75 Å². The van der Waals surface area contributed by atoms with E-state index < -0.39 is 0 Å². The minimum absolute atomic E-state index is 0.830. The van der Waals surface area contributed by atoms with E-state index in [-0.39, 0.29) is 0 Å². The maximum Gasteiger partial charge on any atom is 0.119 e. The molecule has 0 saturated heterocycles. The molecular weight excluding hydrogens is 228 g/mol. The average Bonchev–Trinajstić information content (AvgIpc) is 2.19. The van der Waals surface area contributed by atoms with Gasteiger partial charge in [0.15, 0.2) is 0 Å². The van der Waals surface area contributed by atoms with E-state index in [9.17, 15) is 0 Å². The highest BCUT2D eigenvalue weighted by molar-refractivity contribution is 9.09. The van der Waals surface area contributed by atoms with Gasteiger partial charge in [0.25, 0.3) is 0 Å². The summed E-state index contributed by atoms with van der Waals surface area (Å²) in [7, 11) is 0. The lowest BCUT2D eigenvalue weighted by Crippen LogP contribution is -1.96. The van der Waals surface area contributed by atoms with Gasteiger partial charge in [0.2, 0.25) is 0 Å². The van der Waals surface area contributed by atoms with E-state index >= 15 is 0 Å². The van der Waals surface area contributed by atoms with Crippen LogP contribution >= 0.6 is 15.9 Å². The Bertz CT molecular complexity index is 211. The quantitative estimate of drug-likeness (QED) is 0.547. The summed E-state index contributed by atoms with van der Waals surface area (Å²) >= 11 is 3.41. The summed E-state index contributed by atoms with van der Waals surface area (Å²) in [6.07, 6.45) is 3.61. The summed E-state index contributed by atoms with van der Waals surface area (Å²) in [4.78, 5) is 0. The lowest BCUT2D eigenvalue weighted by Gasteiger charge is -2.04. The second-order valence-corrected chi connectivity index (χ2v) is 3.70. The van der Waals surface area contributed by atoms with E-state index in [1.165, 1.54) is 12.8 Å². The molecule has 13 heavy (non-hydrogen) atoms. The summed E-state index contributed by atoms with van der Waals surface area (Å²) in [5.41, 5.74) is 0. The molecule has 0 saturated carbocycles. The fourth-order valence-corrected chi connectivity index (χ4v) is 1.48. The Kier molecular flexibility index (Phi) is 5.66. The number of alkyl halides is 1. The van der Waals surface area contributed by atoms with Crippen molar-refractivity contribution < 1.29 is 4.74 Å². The molecule has 0 aliphatic rings. The molecule has 1 rings (SSSR count). The monoisotopic (exact) mass is 242 g/mol. The first-order valence-electron chi connectivity index (χ1n) is 4.67. The summed E-state index contributed by atoms with van der Waals surface area (Å²) in [5, 5.41) is 1.10. The van der Waals surface area contributed by atoms with E-state index in [4.69, 9.17) is 4.74 Å². The second kappa shape index (κ2) is 6.96. The van der Waals surface area contributed by atoms with Crippen molar-refractivity contribution in [2.24, 2.45) is 0 Å². The molecule has 0 aliphatic carbocycles. The zero-order valence-corrected chi connectivity index (χ0v) is 9.29. The van der Waals surface area contributed by atoms with Gasteiger partial charge in [-0.15, -0.1) is 0 Å². The Hall–Kier alpha value is -0.500. The minimum atomic E-state index is 0.830. The van der Waals surface area contributed by atoms with Gasteiger partial charge in [0.05, 0.1) is 6.61 Å². The van der Waals surface area contributed by atoms with E-state index in [1.807, 2.05) is 30.3 Å². The summed E-state index contributed by atoms with van der Waals surface area (Å²) < 4.78 is 5.54. The predicted molar refractivity (Wildman–Crippen MR) is 59.6 cm³/mol. The minimum Gasteiger partial charge on any atom is -0.494 e. The molecule has 0 radical (unpaired) electrons. The second-order valence-electron chi connectivity index (χ2n) is 2.91. The Balaban J connectivity index is 2.07. The van der Waals surface area contributed by atoms with Crippen LogP contribution in [-0.4, -0.2) is 11.9 Å². The molecule has 0 unspecified atom stereocenters. The Labute approximate surface area is 88.2 Å². The molecule has 0 fully saturated rings. The molecule has 0 bridgehead atoms. The molecule has 0 spiro atoms. The Morgan fingerprint density at radius 2 is 1.77 bits per heavy atom. The number of para-hydroxylation sites is 1. The first-order chi connectivity index (χ1) is 6.43. The molecule has 2 heteroatoms. The van der Waals surface area contributed by atoms with Crippen LogP contribution in [0.15, 0.2) is 30.3 Å². The van der Waals surface area contributed by atoms with Crippen molar-refractivity contribution in [2.45, 2.75) is 19.3 Å². The van der Waals surface area contributed by atoms with Gasteiger partial charge < -0.3 is 4.74 Å². The molecule has 0 aromatic heterocycles. The Morgan fingerprint density at radius 1 is 1.00 bits per heavy atom. The van der Waals surface area contributed by atoms with E-state index in [1.54, 1.807) is 0 Å². The highest BCUT2D eigenvalue weighted by Crippen LogP contribution is 2.09. The van der Waals surface area contributed by atoms with E-state index in [0.29, 0.717) is 0 Å². The first kappa shape index (κ1) is 10.6. The van der Waals surface area contributed by atoms with Crippen molar-refractivity contribution in [3.05, 3.63) is 30.3 Å². The number of hydrogen-bond acceptors (Lipinski definition) is 1. The fraction of sp³-hybridized carbons (Fsp3) is 0.455. The van der Waals surface area contributed by atoms with Crippen molar-refractivity contribution in [1.82, 2.24) is 0 Å².